The Hall–Kier alpha value is -2.81. The van der Waals surface area contributed by atoms with Gasteiger partial charge >= 0.3 is 0 Å². The topological polar surface area (TPSA) is 78.0 Å². The van der Waals surface area contributed by atoms with Gasteiger partial charge in [0.15, 0.2) is 5.11 Å². The molecule has 1 aliphatic rings. The van der Waals surface area contributed by atoms with Gasteiger partial charge in [-0.1, -0.05) is 29.8 Å². The lowest BCUT2D eigenvalue weighted by molar-refractivity contribution is 0.0376. The summed E-state index contributed by atoms with van der Waals surface area (Å²) in [5.74, 6) is -0.144. The van der Waals surface area contributed by atoms with Crippen molar-refractivity contribution in [2.24, 2.45) is 5.10 Å². The molecule has 1 saturated heterocycles. The number of morpholine rings is 1. The van der Waals surface area contributed by atoms with Gasteiger partial charge in [0, 0.05) is 30.9 Å². The molecular formula is C23H29N5O2S. The Balaban J connectivity index is 1.39. The fourth-order valence-corrected chi connectivity index (χ4v) is 3.29. The molecule has 0 radical (unpaired) electrons. The Labute approximate surface area is 188 Å². The average Bonchev–Trinajstić information content (AvgIpc) is 2.78. The SMILES string of the molecule is Cc1ccc(C(=O)Nc2cccc(C=NNC(=S)NCCCN3CCOCC3)c2)cc1. The first kappa shape index (κ1) is 22.9. The molecule has 1 fully saturated rings. The number of nitrogens with one attached hydrogen (secondary N) is 3. The standard InChI is InChI=1S/C23H29N5O2S/c1-18-6-8-20(9-7-18)22(29)26-21-5-2-4-19(16-21)17-25-27-23(31)24-10-3-11-28-12-14-30-15-13-28/h2,4-9,16-17H,3,10-15H2,1H3,(H,26,29)(H2,24,27,31). The fraction of sp³-hybridized carbons (Fsp3) is 0.348. The second kappa shape index (κ2) is 12.1. The van der Waals surface area contributed by atoms with Crippen molar-refractivity contribution in [1.82, 2.24) is 15.6 Å². The predicted molar refractivity (Wildman–Crippen MR) is 129 cm³/mol. The van der Waals surface area contributed by atoms with Crippen LogP contribution in [0.2, 0.25) is 0 Å². The summed E-state index contributed by atoms with van der Waals surface area (Å²) >= 11 is 5.26. The quantitative estimate of drug-likeness (QED) is 0.254. The molecular weight excluding hydrogens is 410 g/mol. The Morgan fingerprint density at radius 1 is 1.19 bits per heavy atom. The van der Waals surface area contributed by atoms with Crippen molar-refractivity contribution in [1.29, 1.82) is 0 Å². The number of hydrogen-bond acceptors (Lipinski definition) is 5. The van der Waals surface area contributed by atoms with E-state index >= 15 is 0 Å². The monoisotopic (exact) mass is 439 g/mol. The molecule has 1 amide bonds. The number of carbonyl (C=O) groups is 1. The number of carbonyl (C=O) groups excluding carboxylic acids is 1. The second-order valence-electron chi connectivity index (χ2n) is 7.38. The van der Waals surface area contributed by atoms with Crippen molar-refractivity contribution in [3.8, 4) is 0 Å². The Kier molecular flexibility index (Phi) is 8.96. The number of thiocarbonyl (C=S) groups is 1. The summed E-state index contributed by atoms with van der Waals surface area (Å²) < 4.78 is 5.35. The molecule has 2 aromatic carbocycles. The highest BCUT2D eigenvalue weighted by Crippen LogP contribution is 2.12. The maximum absolute atomic E-state index is 12.4. The normalized spacial score (nSPS) is 14.4. The number of hydrazone groups is 1. The summed E-state index contributed by atoms with van der Waals surface area (Å²) in [4.78, 5) is 14.8. The highest BCUT2D eigenvalue weighted by atomic mass is 32.1. The van der Waals surface area contributed by atoms with E-state index in [4.69, 9.17) is 17.0 Å². The zero-order valence-electron chi connectivity index (χ0n) is 17.8. The van der Waals surface area contributed by atoms with Gasteiger partial charge < -0.3 is 15.4 Å². The summed E-state index contributed by atoms with van der Waals surface area (Å²) in [5.41, 5.74) is 6.13. The highest BCUT2D eigenvalue weighted by molar-refractivity contribution is 7.80. The maximum atomic E-state index is 12.4. The van der Waals surface area contributed by atoms with Crippen LogP contribution in [0.1, 0.15) is 27.9 Å². The van der Waals surface area contributed by atoms with Crippen molar-refractivity contribution in [3.63, 3.8) is 0 Å². The van der Waals surface area contributed by atoms with Gasteiger partial charge in [-0.15, -0.1) is 0 Å². The zero-order valence-corrected chi connectivity index (χ0v) is 18.6. The fourth-order valence-electron chi connectivity index (χ4n) is 3.14. The minimum absolute atomic E-state index is 0.144. The number of nitrogens with zero attached hydrogens (tertiary/aromatic N) is 2. The van der Waals surface area contributed by atoms with Crippen LogP contribution in [0.5, 0.6) is 0 Å². The van der Waals surface area contributed by atoms with Crippen molar-refractivity contribution >= 4 is 35.1 Å². The molecule has 164 valence electrons. The summed E-state index contributed by atoms with van der Waals surface area (Å²) in [5, 5.41) is 10.7. The van der Waals surface area contributed by atoms with Gasteiger partial charge in [0.25, 0.3) is 5.91 Å². The predicted octanol–water partition coefficient (Wildman–Crippen LogP) is 2.77. The molecule has 8 heteroatoms. The number of anilines is 1. The van der Waals surface area contributed by atoms with Crippen LogP contribution in [-0.4, -0.2) is 61.5 Å². The summed E-state index contributed by atoms with van der Waals surface area (Å²) in [7, 11) is 0. The lowest BCUT2D eigenvalue weighted by Gasteiger charge is -2.26. The molecule has 0 aliphatic carbocycles. The number of aryl methyl sites for hydroxylation is 1. The molecule has 0 aromatic heterocycles. The van der Waals surface area contributed by atoms with Crippen LogP contribution in [-0.2, 0) is 4.74 Å². The number of rotatable bonds is 8. The molecule has 7 nitrogen and oxygen atoms in total. The third kappa shape index (κ3) is 8.09. The van der Waals surface area contributed by atoms with E-state index in [1.54, 1.807) is 6.21 Å². The summed E-state index contributed by atoms with van der Waals surface area (Å²) in [6.07, 6.45) is 2.68. The van der Waals surface area contributed by atoms with Crippen molar-refractivity contribution in [2.75, 3.05) is 44.7 Å². The smallest absolute Gasteiger partial charge is 0.255 e. The second-order valence-corrected chi connectivity index (χ2v) is 7.79. The third-order valence-electron chi connectivity index (χ3n) is 4.88. The molecule has 1 aliphatic heterocycles. The molecule has 3 N–H and O–H groups in total. The lowest BCUT2D eigenvalue weighted by Crippen LogP contribution is -2.39. The lowest BCUT2D eigenvalue weighted by atomic mass is 10.1. The van der Waals surface area contributed by atoms with Crippen LogP contribution >= 0.6 is 12.2 Å². The van der Waals surface area contributed by atoms with Crippen LogP contribution in [0.4, 0.5) is 5.69 Å². The molecule has 0 spiro atoms. The van der Waals surface area contributed by atoms with Gasteiger partial charge in [0.1, 0.15) is 0 Å². The first-order valence-corrected chi connectivity index (χ1v) is 10.9. The van der Waals surface area contributed by atoms with Gasteiger partial charge in [-0.3, -0.25) is 15.1 Å². The van der Waals surface area contributed by atoms with Gasteiger partial charge in [-0.2, -0.15) is 5.10 Å². The van der Waals surface area contributed by atoms with Crippen LogP contribution in [0, 0.1) is 6.92 Å². The number of ether oxygens (including phenoxy) is 1. The molecule has 3 rings (SSSR count). The van der Waals surface area contributed by atoms with Gasteiger partial charge in [-0.05, 0) is 61.9 Å². The van der Waals surface area contributed by atoms with Crippen molar-refractivity contribution in [3.05, 3.63) is 65.2 Å². The average molecular weight is 440 g/mol. The number of amides is 1. The number of hydrogen-bond donors (Lipinski definition) is 3. The Morgan fingerprint density at radius 2 is 1.97 bits per heavy atom. The van der Waals surface area contributed by atoms with E-state index in [1.165, 1.54) is 0 Å². The molecule has 0 atom stereocenters. The van der Waals surface area contributed by atoms with Crippen LogP contribution in [0.25, 0.3) is 0 Å². The van der Waals surface area contributed by atoms with Gasteiger partial charge in [0.05, 0.1) is 19.4 Å². The van der Waals surface area contributed by atoms with E-state index < -0.39 is 0 Å². The zero-order chi connectivity index (χ0) is 21.9. The molecule has 1 heterocycles. The van der Waals surface area contributed by atoms with Crippen LogP contribution in [0.3, 0.4) is 0 Å². The summed E-state index contributed by atoms with van der Waals surface area (Å²) in [6, 6.07) is 14.9. The van der Waals surface area contributed by atoms with Crippen LogP contribution < -0.4 is 16.1 Å². The molecule has 0 unspecified atom stereocenters. The maximum Gasteiger partial charge on any atom is 0.255 e. The molecule has 0 bridgehead atoms. The van der Waals surface area contributed by atoms with Gasteiger partial charge in [-0.25, -0.2) is 0 Å². The number of benzene rings is 2. The Bertz CT molecular complexity index is 895. The largest absolute Gasteiger partial charge is 0.379 e. The van der Waals surface area contributed by atoms with E-state index in [0.717, 1.165) is 56.9 Å². The third-order valence-corrected chi connectivity index (χ3v) is 5.11. The highest BCUT2D eigenvalue weighted by Gasteiger charge is 2.09. The summed E-state index contributed by atoms with van der Waals surface area (Å²) in [6.45, 7) is 7.45. The molecule has 0 saturated carbocycles. The van der Waals surface area contributed by atoms with E-state index in [2.05, 4.69) is 26.1 Å². The van der Waals surface area contributed by atoms with Crippen molar-refractivity contribution < 1.29 is 9.53 Å². The van der Waals surface area contributed by atoms with E-state index in [9.17, 15) is 4.79 Å². The van der Waals surface area contributed by atoms with E-state index in [1.807, 2.05) is 55.5 Å². The van der Waals surface area contributed by atoms with Crippen molar-refractivity contribution in [2.45, 2.75) is 13.3 Å². The van der Waals surface area contributed by atoms with E-state index in [0.29, 0.717) is 16.4 Å². The minimum atomic E-state index is -0.144. The molecule has 31 heavy (non-hydrogen) atoms. The van der Waals surface area contributed by atoms with Crippen LogP contribution in [0.15, 0.2) is 53.6 Å². The molecule has 2 aromatic rings. The first-order chi connectivity index (χ1) is 15.1. The first-order valence-electron chi connectivity index (χ1n) is 10.5. The van der Waals surface area contributed by atoms with Gasteiger partial charge in [0.2, 0.25) is 0 Å². The van der Waals surface area contributed by atoms with E-state index in [-0.39, 0.29) is 5.91 Å². The Morgan fingerprint density at radius 3 is 2.74 bits per heavy atom. The minimum Gasteiger partial charge on any atom is -0.379 e.